The van der Waals surface area contributed by atoms with Crippen molar-refractivity contribution >= 4 is 26.9 Å². The molecule has 7 nitrogen and oxygen atoms in total. The molecule has 1 atom stereocenters. The summed E-state index contributed by atoms with van der Waals surface area (Å²) in [6, 6.07) is 13.7. The average Bonchev–Trinajstić information content (AvgIpc) is 3.57. The van der Waals surface area contributed by atoms with E-state index in [0.29, 0.717) is 31.7 Å². The summed E-state index contributed by atoms with van der Waals surface area (Å²) in [6.07, 6.45) is 6.77. The zero-order valence-corrected chi connectivity index (χ0v) is 22.7. The molecule has 1 aliphatic carbocycles. The van der Waals surface area contributed by atoms with Crippen molar-refractivity contribution in [2.45, 2.75) is 75.9 Å². The lowest BCUT2D eigenvalue weighted by atomic mass is 9.75. The summed E-state index contributed by atoms with van der Waals surface area (Å²) in [6.45, 7) is 5.34. The summed E-state index contributed by atoms with van der Waals surface area (Å²) in [7, 11) is -2.27. The lowest BCUT2D eigenvalue weighted by Crippen LogP contribution is -2.51. The molecule has 1 aliphatic heterocycles. The number of nitrogens with zero attached hydrogens (tertiary/aromatic N) is 2. The second-order valence-corrected chi connectivity index (χ2v) is 13.0. The molecule has 2 fully saturated rings. The Kier molecular flexibility index (Phi) is 7.07. The van der Waals surface area contributed by atoms with Crippen molar-refractivity contribution in [1.82, 2.24) is 9.21 Å². The first-order valence-electron chi connectivity index (χ1n) is 13.1. The van der Waals surface area contributed by atoms with Crippen LogP contribution in [0.2, 0.25) is 0 Å². The molecule has 2 heterocycles. The standard InChI is InChI=1S/C29H36N2O5S/c1-29(2)15-12-23(13-16-29)30(20-21-6-7-22-14-18-36-27(22)19-21)28(32)26-5-4-17-31(26)37(33,34)25-10-8-24(35-3)9-11-25/h6-11,14,18-19,23,26H,4-5,12-13,15-17,20H2,1-3H3/t26-/m0/s1. The first-order chi connectivity index (χ1) is 17.7. The van der Waals surface area contributed by atoms with E-state index in [1.165, 1.54) is 4.31 Å². The number of benzene rings is 2. The van der Waals surface area contributed by atoms with Gasteiger partial charge in [0.1, 0.15) is 17.4 Å². The topological polar surface area (TPSA) is 80.1 Å². The number of hydrogen-bond donors (Lipinski definition) is 0. The molecule has 0 spiro atoms. The highest BCUT2D eigenvalue weighted by Gasteiger charge is 2.43. The molecule has 1 saturated heterocycles. The fourth-order valence-electron chi connectivity index (χ4n) is 5.73. The van der Waals surface area contributed by atoms with Gasteiger partial charge in [-0.15, -0.1) is 0 Å². The van der Waals surface area contributed by atoms with Crippen LogP contribution in [0.15, 0.2) is 64.1 Å². The number of furan rings is 1. The Balaban J connectivity index is 1.43. The van der Waals surface area contributed by atoms with Gasteiger partial charge in [0.2, 0.25) is 15.9 Å². The summed E-state index contributed by atoms with van der Waals surface area (Å²) >= 11 is 0. The lowest BCUT2D eigenvalue weighted by Gasteiger charge is -2.41. The number of sulfonamides is 1. The second-order valence-electron chi connectivity index (χ2n) is 11.1. The maximum Gasteiger partial charge on any atom is 0.243 e. The van der Waals surface area contributed by atoms with Crippen LogP contribution in [0.5, 0.6) is 5.75 Å². The first-order valence-corrected chi connectivity index (χ1v) is 14.5. The maximum absolute atomic E-state index is 14.2. The van der Waals surface area contributed by atoms with Crippen molar-refractivity contribution in [2.75, 3.05) is 13.7 Å². The Labute approximate surface area is 219 Å². The monoisotopic (exact) mass is 524 g/mol. The second kappa shape index (κ2) is 10.1. The number of hydrogen-bond acceptors (Lipinski definition) is 5. The molecular formula is C29H36N2O5S. The van der Waals surface area contributed by atoms with Gasteiger partial charge in [-0.25, -0.2) is 8.42 Å². The fraction of sp³-hybridized carbons (Fsp3) is 0.483. The average molecular weight is 525 g/mol. The van der Waals surface area contributed by atoms with Crippen molar-refractivity contribution in [2.24, 2.45) is 5.41 Å². The van der Waals surface area contributed by atoms with E-state index in [1.807, 2.05) is 29.2 Å². The van der Waals surface area contributed by atoms with Crippen molar-refractivity contribution < 1.29 is 22.4 Å². The molecule has 0 N–H and O–H groups in total. The summed E-state index contributed by atoms with van der Waals surface area (Å²) in [5.41, 5.74) is 2.04. The number of carbonyl (C=O) groups excluding carboxylic acids is 1. The molecule has 1 amide bonds. The van der Waals surface area contributed by atoms with Crippen LogP contribution in [0.25, 0.3) is 11.0 Å². The Morgan fingerprint density at radius 1 is 1.08 bits per heavy atom. The summed E-state index contributed by atoms with van der Waals surface area (Å²) < 4.78 is 39.4. The minimum Gasteiger partial charge on any atom is -0.497 e. The Morgan fingerprint density at radius 3 is 2.51 bits per heavy atom. The van der Waals surface area contributed by atoms with Gasteiger partial charge < -0.3 is 14.1 Å². The summed E-state index contributed by atoms with van der Waals surface area (Å²) in [4.78, 5) is 16.3. The van der Waals surface area contributed by atoms with Gasteiger partial charge in [-0.3, -0.25) is 4.79 Å². The smallest absolute Gasteiger partial charge is 0.243 e. The summed E-state index contributed by atoms with van der Waals surface area (Å²) in [5.74, 6) is 0.492. The highest BCUT2D eigenvalue weighted by Crippen LogP contribution is 2.38. The molecule has 2 aromatic carbocycles. The molecule has 5 rings (SSSR count). The van der Waals surface area contributed by atoms with Crippen molar-refractivity contribution in [3.8, 4) is 5.75 Å². The van der Waals surface area contributed by atoms with Gasteiger partial charge in [-0.05, 0) is 85.9 Å². The number of fused-ring (bicyclic) bond motifs is 1. The molecule has 3 aromatic rings. The van der Waals surface area contributed by atoms with Gasteiger partial charge in [0.05, 0.1) is 18.3 Å². The number of amides is 1. The van der Waals surface area contributed by atoms with Crippen LogP contribution in [0.4, 0.5) is 0 Å². The lowest BCUT2D eigenvalue weighted by molar-refractivity contribution is -0.139. The quantitative estimate of drug-likeness (QED) is 0.402. The van der Waals surface area contributed by atoms with Gasteiger partial charge in [-0.2, -0.15) is 4.31 Å². The highest BCUT2D eigenvalue weighted by atomic mass is 32.2. The van der Waals surface area contributed by atoms with Crippen molar-refractivity contribution in [1.29, 1.82) is 0 Å². The molecule has 37 heavy (non-hydrogen) atoms. The third-order valence-electron chi connectivity index (χ3n) is 8.06. The van der Waals surface area contributed by atoms with E-state index in [0.717, 1.165) is 42.2 Å². The Morgan fingerprint density at radius 2 is 1.81 bits per heavy atom. The fourth-order valence-corrected chi connectivity index (χ4v) is 7.38. The third kappa shape index (κ3) is 5.27. The van der Waals surface area contributed by atoms with Crippen LogP contribution >= 0.6 is 0 Å². The van der Waals surface area contributed by atoms with E-state index in [-0.39, 0.29) is 22.3 Å². The van der Waals surface area contributed by atoms with Crippen LogP contribution in [0.1, 0.15) is 57.9 Å². The van der Waals surface area contributed by atoms with Crippen molar-refractivity contribution in [3.05, 3.63) is 60.4 Å². The van der Waals surface area contributed by atoms with Crippen LogP contribution in [0.3, 0.4) is 0 Å². The molecular weight excluding hydrogens is 488 g/mol. The first kappa shape index (κ1) is 25.8. The van der Waals surface area contributed by atoms with E-state index in [4.69, 9.17) is 9.15 Å². The molecule has 2 aliphatic rings. The van der Waals surface area contributed by atoms with Gasteiger partial charge in [-0.1, -0.05) is 26.0 Å². The molecule has 0 bridgehead atoms. The predicted molar refractivity (Wildman–Crippen MR) is 143 cm³/mol. The molecule has 198 valence electrons. The zero-order chi connectivity index (χ0) is 26.2. The Bertz CT molecular complexity index is 1350. The normalized spacial score (nSPS) is 20.8. The van der Waals surface area contributed by atoms with E-state index < -0.39 is 16.1 Å². The number of ether oxygens (including phenoxy) is 1. The van der Waals surface area contributed by atoms with Gasteiger partial charge in [0.25, 0.3) is 0 Å². The van der Waals surface area contributed by atoms with E-state index in [2.05, 4.69) is 13.8 Å². The van der Waals surface area contributed by atoms with Crippen LogP contribution < -0.4 is 4.74 Å². The van der Waals surface area contributed by atoms with Crippen LogP contribution in [-0.2, 0) is 21.4 Å². The maximum atomic E-state index is 14.2. The molecule has 1 aromatic heterocycles. The number of rotatable bonds is 7. The van der Waals surface area contributed by atoms with Crippen molar-refractivity contribution in [3.63, 3.8) is 0 Å². The van der Waals surface area contributed by atoms with Crippen LogP contribution in [-0.4, -0.2) is 49.3 Å². The Hall–Kier alpha value is -2.84. The van der Waals surface area contributed by atoms with E-state index in [1.54, 1.807) is 37.6 Å². The largest absolute Gasteiger partial charge is 0.497 e. The minimum atomic E-state index is -3.82. The molecule has 8 heteroatoms. The molecule has 0 radical (unpaired) electrons. The SMILES string of the molecule is COc1ccc(S(=O)(=O)N2CCC[C@H]2C(=O)N(Cc2ccc3ccoc3c2)C2CCC(C)(C)CC2)cc1. The van der Waals surface area contributed by atoms with Crippen LogP contribution in [0, 0.1) is 5.41 Å². The molecule has 1 saturated carbocycles. The third-order valence-corrected chi connectivity index (χ3v) is 9.98. The predicted octanol–water partition coefficient (Wildman–Crippen LogP) is 5.59. The van der Waals surface area contributed by atoms with Gasteiger partial charge in [0, 0.05) is 24.5 Å². The van der Waals surface area contributed by atoms with Gasteiger partial charge in [0.15, 0.2) is 0 Å². The molecule has 0 unspecified atom stereocenters. The number of methoxy groups -OCH3 is 1. The zero-order valence-electron chi connectivity index (χ0n) is 21.9. The van der Waals surface area contributed by atoms with E-state index >= 15 is 0 Å². The highest BCUT2D eigenvalue weighted by molar-refractivity contribution is 7.89. The van der Waals surface area contributed by atoms with Gasteiger partial charge >= 0.3 is 0 Å². The number of carbonyl (C=O) groups is 1. The van der Waals surface area contributed by atoms with E-state index in [9.17, 15) is 13.2 Å². The minimum absolute atomic E-state index is 0.0824. The summed E-state index contributed by atoms with van der Waals surface area (Å²) in [5, 5.41) is 1.02.